The zero-order chi connectivity index (χ0) is 13.0. The van der Waals surface area contributed by atoms with E-state index in [1.165, 1.54) is 0 Å². The van der Waals surface area contributed by atoms with Gasteiger partial charge in [0.15, 0.2) is 0 Å². The molecule has 0 radical (unpaired) electrons. The smallest absolute Gasteiger partial charge is 0.140 e. The summed E-state index contributed by atoms with van der Waals surface area (Å²) >= 11 is 1.68. The average Bonchev–Trinajstić information content (AvgIpc) is 2.90. The predicted octanol–water partition coefficient (Wildman–Crippen LogP) is 3.91. The molecule has 96 valence electrons. The molecule has 0 aliphatic rings. The molecule has 1 aromatic carbocycles. The largest absolute Gasteiger partial charge is 0.484 e. The van der Waals surface area contributed by atoms with Crippen LogP contribution >= 0.6 is 11.3 Å². The van der Waals surface area contributed by atoms with Crippen LogP contribution in [0.5, 0.6) is 5.75 Å². The highest BCUT2D eigenvalue weighted by atomic mass is 32.1. The lowest BCUT2D eigenvalue weighted by molar-refractivity contribution is 0.170. The van der Waals surface area contributed by atoms with Crippen LogP contribution in [0.4, 0.5) is 0 Å². The first-order valence-electron chi connectivity index (χ1n) is 6.22. The minimum atomic E-state index is -0.0673. The quantitative estimate of drug-likeness (QED) is 0.885. The van der Waals surface area contributed by atoms with Gasteiger partial charge in [0.1, 0.15) is 11.9 Å². The van der Waals surface area contributed by atoms with Crippen LogP contribution in [0.1, 0.15) is 30.6 Å². The molecule has 0 saturated heterocycles. The van der Waals surface area contributed by atoms with E-state index in [2.05, 4.69) is 36.7 Å². The normalized spacial score (nSPS) is 14.2. The Morgan fingerprint density at radius 1 is 1.28 bits per heavy atom. The molecule has 0 aliphatic heterocycles. The predicted molar refractivity (Wildman–Crippen MR) is 77.1 cm³/mol. The molecular weight excluding hydrogens is 242 g/mol. The second kappa shape index (κ2) is 6.03. The summed E-state index contributed by atoms with van der Waals surface area (Å²) in [5.41, 5.74) is 8.49. The van der Waals surface area contributed by atoms with E-state index in [0.29, 0.717) is 0 Å². The Bertz CT molecular complexity index is 481. The molecule has 0 amide bonds. The molecule has 2 N–H and O–H groups in total. The van der Waals surface area contributed by atoms with Crippen molar-refractivity contribution in [3.05, 3.63) is 52.2 Å². The summed E-state index contributed by atoms with van der Waals surface area (Å²) < 4.78 is 6.12. The van der Waals surface area contributed by atoms with E-state index in [0.717, 1.165) is 23.3 Å². The maximum Gasteiger partial charge on any atom is 0.140 e. The standard InChI is InChI=1S/C15H19NOS/c1-3-13(16)15(12-8-9-18-10-12)17-14-7-5-4-6-11(14)2/h4-10,13,15H,3,16H2,1-2H3. The summed E-state index contributed by atoms with van der Waals surface area (Å²) in [5.74, 6) is 0.914. The number of benzene rings is 1. The second-order valence-electron chi connectivity index (χ2n) is 4.43. The summed E-state index contributed by atoms with van der Waals surface area (Å²) in [6, 6.07) is 10.2. The van der Waals surface area contributed by atoms with Crippen LogP contribution in [0.25, 0.3) is 0 Å². The third-order valence-corrected chi connectivity index (χ3v) is 3.78. The third kappa shape index (κ3) is 2.92. The topological polar surface area (TPSA) is 35.2 Å². The molecule has 1 aromatic heterocycles. The highest BCUT2D eigenvalue weighted by Crippen LogP contribution is 2.28. The molecule has 0 spiro atoms. The van der Waals surface area contributed by atoms with E-state index in [4.69, 9.17) is 10.5 Å². The Hall–Kier alpha value is -1.32. The minimum Gasteiger partial charge on any atom is -0.484 e. The van der Waals surface area contributed by atoms with Gasteiger partial charge in [0.25, 0.3) is 0 Å². The maximum atomic E-state index is 6.19. The molecule has 2 aromatic rings. The zero-order valence-corrected chi connectivity index (χ0v) is 11.6. The molecule has 2 unspecified atom stereocenters. The molecule has 0 aliphatic carbocycles. The summed E-state index contributed by atoms with van der Waals surface area (Å²) in [7, 11) is 0. The summed E-state index contributed by atoms with van der Waals surface area (Å²) in [6.45, 7) is 4.14. The lowest BCUT2D eigenvalue weighted by Crippen LogP contribution is -2.31. The van der Waals surface area contributed by atoms with Gasteiger partial charge < -0.3 is 10.5 Å². The number of aryl methyl sites for hydroxylation is 1. The molecular formula is C15H19NOS. The molecule has 2 nitrogen and oxygen atoms in total. The Kier molecular flexibility index (Phi) is 4.39. The molecule has 0 fully saturated rings. The van der Waals surface area contributed by atoms with Crippen LogP contribution in [0, 0.1) is 6.92 Å². The number of para-hydroxylation sites is 1. The Balaban J connectivity index is 2.24. The fourth-order valence-electron chi connectivity index (χ4n) is 1.88. The zero-order valence-electron chi connectivity index (χ0n) is 10.8. The number of nitrogens with two attached hydrogens (primary N) is 1. The fourth-order valence-corrected chi connectivity index (χ4v) is 2.56. The van der Waals surface area contributed by atoms with Crippen molar-refractivity contribution in [2.24, 2.45) is 5.73 Å². The van der Waals surface area contributed by atoms with E-state index >= 15 is 0 Å². The van der Waals surface area contributed by atoms with E-state index in [9.17, 15) is 0 Å². The van der Waals surface area contributed by atoms with Gasteiger partial charge in [-0.2, -0.15) is 11.3 Å². The van der Waals surface area contributed by atoms with E-state index in [1.54, 1.807) is 11.3 Å². The summed E-state index contributed by atoms with van der Waals surface area (Å²) in [6.07, 6.45) is 0.828. The van der Waals surface area contributed by atoms with Crippen LogP contribution in [0.3, 0.4) is 0 Å². The van der Waals surface area contributed by atoms with Gasteiger partial charge in [0.2, 0.25) is 0 Å². The number of hydrogen-bond acceptors (Lipinski definition) is 3. The van der Waals surface area contributed by atoms with Gasteiger partial charge in [-0.1, -0.05) is 25.1 Å². The van der Waals surface area contributed by atoms with Crippen LogP contribution in [0.15, 0.2) is 41.1 Å². The number of thiophene rings is 1. The number of ether oxygens (including phenoxy) is 1. The van der Waals surface area contributed by atoms with Crippen molar-refractivity contribution in [3.8, 4) is 5.75 Å². The second-order valence-corrected chi connectivity index (χ2v) is 5.21. The van der Waals surface area contributed by atoms with Crippen molar-refractivity contribution in [3.63, 3.8) is 0 Å². The summed E-state index contributed by atoms with van der Waals surface area (Å²) in [5, 5.41) is 4.17. The van der Waals surface area contributed by atoms with Crippen LogP contribution in [0.2, 0.25) is 0 Å². The van der Waals surface area contributed by atoms with E-state index in [1.807, 2.05) is 18.2 Å². The SMILES string of the molecule is CCC(N)C(Oc1ccccc1C)c1ccsc1. The van der Waals surface area contributed by atoms with Crippen molar-refractivity contribution in [2.75, 3.05) is 0 Å². The maximum absolute atomic E-state index is 6.19. The monoisotopic (exact) mass is 261 g/mol. The van der Waals surface area contributed by atoms with E-state index in [-0.39, 0.29) is 12.1 Å². The Labute approximate surface area is 112 Å². The van der Waals surface area contributed by atoms with Crippen LogP contribution in [-0.2, 0) is 0 Å². The minimum absolute atomic E-state index is 0.0132. The highest BCUT2D eigenvalue weighted by molar-refractivity contribution is 7.07. The van der Waals surface area contributed by atoms with Crippen molar-refractivity contribution >= 4 is 11.3 Å². The van der Waals surface area contributed by atoms with Crippen molar-refractivity contribution < 1.29 is 4.74 Å². The molecule has 1 heterocycles. The lowest BCUT2D eigenvalue weighted by Gasteiger charge is -2.24. The van der Waals surface area contributed by atoms with Crippen LogP contribution in [-0.4, -0.2) is 6.04 Å². The summed E-state index contributed by atoms with van der Waals surface area (Å²) in [4.78, 5) is 0. The molecule has 0 bridgehead atoms. The first-order chi connectivity index (χ1) is 8.72. The molecule has 0 saturated carbocycles. The number of hydrogen-bond donors (Lipinski definition) is 1. The van der Waals surface area contributed by atoms with Gasteiger partial charge >= 0.3 is 0 Å². The molecule has 3 heteroatoms. The van der Waals surface area contributed by atoms with Gasteiger partial charge in [-0.25, -0.2) is 0 Å². The molecule has 2 rings (SSSR count). The first kappa shape index (κ1) is 13.1. The molecule has 2 atom stereocenters. The lowest BCUT2D eigenvalue weighted by atomic mass is 10.0. The van der Waals surface area contributed by atoms with Gasteiger partial charge in [0, 0.05) is 11.6 Å². The molecule has 18 heavy (non-hydrogen) atoms. The first-order valence-corrected chi connectivity index (χ1v) is 7.16. The van der Waals surface area contributed by atoms with Crippen molar-refractivity contribution in [1.29, 1.82) is 0 Å². The Morgan fingerprint density at radius 2 is 2.06 bits per heavy atom. The van der Waals surface area contributed by atoms with E-state index < -0.39 is 0 Å². The fraction of sp³-hybridized carbons (Fsp3) is 0.333. The van der Waals surface area contributed by atoms with Gasteiger partial charge in [-0.3, -0.25) is 0 Å². The van der Waals surface area contributed by atoms with Gasteiger partial charge in [0.05, 0.1) is 0 Å². The highest BCUT2D eigenvalue weighted by Gasteiger charge is 2.21. The van der Waals surface area contributed by atoms with Crippen molar-refractivity contribution in [1.82, 2.24) is 0 Å². The Morgan fingerprint density at radius 3 is 2.67 bits per heavy atom. The van der Waals surface area contributed by atoms with Gasteiger partial charge in [-0.15, -0.1) is 0 Å². The third-order valence-electron chi connectivity index (χ3n) is 3.08. The van der Waals surface area contributed by atoms with Crippen LogP contribution < -0.4 is 10.5 Å². The number of rotatable bonds is 5. The van der Waals surface area contributed by atoms with Gasteiger partial charge in [-0.05, 0) is 41.8 Å². The average molecular weight is 261 g/mol. The van der Waals surface area contributed by atoms with Crippen molar-refractivity contribution in [2.45, 2.75) is 32.4 Å².